The van der Waals surface area contributed by atoms with Gasteiger partial charge in [0.25, 0.3) is 0 Å². The van der Waals surface area contributed by atoms with Crippen LogP contribution in [0.3, 0.4) is 0 Å². The molecule has 0 aliphatic rings. The second-order valence-corrected chi connectivity index (χ2v) is 5.07. The molecule has 1 N–H and O–H groups in total. The number of amides is 1. The van der Waals surface area contributed by atoms with E-state index in [1.165, 1.54) is 18.9 Å². The number of carbonyl (C=O) groups is 2. The molecule has 4 nitrogen and oxygen atoms in total. The number of benzene rings is 1. The lowest BCUT2D eigenvalue weighted by Crippen LogP contribution is -2.43. The van der Waals surface area contributed by atoms with Gasteiger partial charge in [-0.1, -0.05) is 36.7 Å². The lowest BCUT2D eigenvalue weighted by atomic mass is 9.99. The molecule has 104 valence electrons. The highest BCUT2D eigenvalue weighted by atomic mass is 35.5. The highest BCUT2D eigenvalue weighted by Gasteiger charge is 2.25. The summed E-state index contributed by atoms with van der Waals surface area (Å²) >= 11 is 6.05. The molecule has 1 amide bonds. The summed E-state index contributed by atoms with van der Waals surface area (Å²) in [6, 6.07) is 6.50. The van der Waals surface area contributed by atoms with E-state index in [2.05, 4.69) is 0 Å². The number of carboxylic acid groups (broad SMARTS) is 1. The minimum Gasteiger partial charge on any atom is -0.480 e. The molecule has 1 aromatic rings. The highest BCUT2D eigenvalue weighted by molar-refractivity contribution is 6.31. The monoisotopic (exact) mass is 283 g/mol. The fourth-order valence-electron chi connectivity index (χ4n) is 1.79. The number of hydrogen-bond donors (Lipinski definition) is 1. The van der Waals surface area contributed by atoms with Crippen LogP contribution < -0.4 is 0 Å². The third-order valence-electron chi connectivity index (χ3n) is 3.19. The van der Waals surface area contributed by atoms with Crippen molar-refractivity contribution in [2.75, 3.05) is 7.05 Å². The van der Waals surface area contributed by atoms with Crippen LogP contribution in [0.1, 0.15) is 19.4 Å². The van der Waals surface area contributed by atoms with Crippen molar-refractivity contribution in [3.63, 3.8) is 0 Å². The Bertz CT molecular complexity index is 476. The summed E-state index contributed by atoms with van der Waals surface area (Å²) in [6.07, 6.45) is 0.495. The van der Waals surface area contributed by atoms with Gasteiger partial charge in [-0.3, -0.25) is 4.79 Å². The van der Waals surface area contributed by atoms with Crippen LogP contribution in [0.2, 0.25) is 5.02 Å². The van der Waals surface area contributed by atoms with Crippen molar-refractivity contribution in [2.45, 2.75) is 26.3 Å². The molecule has 0 aliphatic heterocycles. The molecule has 2 atom stereocenters. The Morgan fingerprint density at radius 3 is 2.42 bits per heavy atom. The van der Waals surface area contributed by atoms with E-state index in [0.29, 0.717) is 11.4 Å². The molecular formula is C14H18ClNO3. The predicted molar refractivity (Wildman–Crippen MR) is 74.2 cm³/mol. The number of rotatable bonds is 5. The number of carbonyl (C=O) groups excluding carboxylic acids is 1. The molecule has 1 rings (SSSR count). The number of halogens is 1. The van der Waals surface area contributed by atoms with Gasteiger partial charge in [-0.2, -0.15) is 0 Å². The van der Waals surface area contributed by atoms with Crippen LogP contribution in [0.5, 0.6) is 0 Å². The fraction of sp³-hybridized carbons (Fsp3) is 0.429. The maximum Gasteiger partial charge on any atom is 0.326 e. The summed E-state index contributed by atoms with van der Waals surface area (Å²) in [7, 11) is 1.50. The van der Waals surface area contributed by atoms with Gasteiger partial charge in [0, 0.05) is 18.0 Å². The van der Waals surface area contributed by atoms with E-state index in [1.54, 1.807) is 13.0 Å². The normalized spacial score (nSPS) is 13.7. The first-order chi connectivity index (χ1) is 8.84. The summed E-state index contributed by atoms with van der Waals surface area (Å²) in [4.78, 5) is 24.2. The van der Waals surface area contributed by atoms with Crippen LogP contribution in [0.15, 0.2) is 24.3 Å². The summed E-state index contributed by atoms with van der Waals surface area (Å²) in [5.74, 6) is -1.53. The average Bonchev–Trinajstić information content (AvgIpc) is 2.38. The van der Waals surface area contributed by atoms with Crippen molar-refractivity contribution in [1.82, 2.24) is 4.90 Å². The van der Waals surface area contributed by atoms with Crippen LogP contribution in [-0.2, 0) is 16.0 Å². The SMILES string of the molecule is CC(Cc1ccccc1Cl)C(=O)N(C)C(C)C(=O)O. The van der Waals surface area contributed by atoms with Gasteiger partial charge in [-0.15, -0.1) is 0 Å². The molecule has 0 bridgehead atoms. The Labute approximate surface area is 118 Å². The standard InChI is InChI=1S/C14H18ClNO3/c1-9(8-11-6-4-5-7-12(11)15)13(17)16(3)10(2)14(18)19/h4-7,9-10H,8H2,1-3H3,(H,18,19). The lowest BCUT2D eigenvalue weighted by Gasteiger charge is -2.25. The third-order valence-corrected chi connectivity index (χ3v) is 3.56. The molecule has 2 unspecified atom stereocenters. The van der Waals surface area contributed by atoms with Crippen molar-refractivity contribution < 1.29 is 14.7 Å². The molecule has 0 saturated heterocycles. The van der Waals surface area contributed by atoms with E-state index in [0.717, 1.165) is 5.56 Å². The molecular weight excluding hydrogens is 266 g/mol. The van der Waals surface area contributed by atoms with E-state index in [9.17, 15) is 9.59 Å². The molecule has 1 aromatic carbocycles. The minimum atomic E-state index is -1.01. The zero-order valence-corrected chi connectivity index (χ0v) is 12.0. The van der Waals surface area contributed by atoms with E-state index in [-0.39, 0.29) is 11.8 Å². The molecule has 0 aromatic heterocycles. The van der Waals surface area contributed by atoms with Gasteiger partial charge in [0.2, 0.25) is 5.91 Å². The maximum atomic E-state index is 12.1. The van der Waals surface area contributed by atoms with Crippen LogP contribution in [-0.4, -0.2) is 35.0 Å². The molecule has 0 aliphatic carbocycles. The van der Waals surface area contributed by atoms with Gasteiger partial charge in [0.05, 0.1) is 0 Å². The second kappa shape index (κ2) is 6.57. The summed E-state index contributed by atoms with van der Waals surface area (Å²) < 4.78 is 0. The van der Waals surface area contributed by atoms with E-state index in [4.69, 9.17) is 16.7 Å². The molecule has 5 heteroatoms. The molecule has 0 saturated carbocycles. The van der Waals surface area contributed by atoms with Crippen molar-refractivity contribution in [1.29, 1.82) is 0 Å². The van der Waals surface area contributed by atoms with Crippen LogP contribution in [0.25, 0.3) is 0 Å². The number of likely N-dealkylation sites (N-methyl/N-ethyl adjacent to an activating group) is 1. The number of carboxylic acids is 1. The third kappa shape index (κ3) is 3.96. The Morgan fingerprint density at radius 2 is 1.89 bits per heavy atom. The molecule has 0 fully saturated rings. The van der Waals surface area contributed by atoms with E-state index in [1.807, 2.05) is 18.2 Å². The zero-order valence-electron chi connectivity index (χ0n) is 11.3. The lowest BCUT2D eigenvalue weighted by molar-refractivity contribution is -0.149. The predicted octanol–water partition coefficient (Wildman–Crippen LogP) is 2.45. The molecule has 0 heterocycles. The molecule has 0 radical (unpaired) electrons. The largest absolute Gasteiger partial charge is 0.480 e. The van der Waals surface area contributed by atoms with Gasteiger partial charge in [0.1, 0.15) is 6.04 Å². The van der Waals surface area contributed by atoms with Crippen molar-refractivity contribution >= 4 is 23.5 Å². The van der Waals surface area contributed by atoms with Crippen molar-refractivity contribution in [3.8, 4) is 0 Å². The van der Waals surface area contributed by atoms with Crippen molar-refractivity contribution in [2.24, 2.45) is 5.92 Å². The smallest absolute Gasteiger partial charge is 0.326 e. The Balaban J connectivity index is 2.73. The highest BCUT2D eigenvalue weighted by Crippen LogP contribution is 2.20. The van der Waals surface area contributed by atoms with Gasteiger partial charge in [-0.05, 0) is 25.0 Å². The Kier molecular flexibility index (Phi) is 5.36. The first-order valence-corrected chi connectivity index (χ1v) is 6.45. The number of aliphatic carboxylic acids is 1. The average molecular weight is 284 g/mol. The Hall–Kier alpha value is -1.55. The topological polar surface area (TPSA) is 57.6 Å². The summed E-state index contributed by atoms with van der Waals surface area (Å²) in [6.45, 7) is 3.26. The van der Waals surface area contributed by atoms with Gasteiger partial charge < -0.3 is 10.0 Å². The summed E-state index contributed by atoms with van der Waals surface area (Å²) in [5.41, 5.74) is 0.890. The zero-order chi connectivity index (χ0) is 14.6. The van der Waals surface area contributed by atoms with Gasteiger partial charge in [0.15, 0.2) is 0 Å². The van der Waals surface area contributed by atoms with Gasteiger partial charge >= 0.3 is 5.97 Å². The van der Waals surface area contributed by atoms with Crippen LogP contribution >= 0.6 is 11.6 Å². The maximum absolute atomic E-state index is 12.1. The molecule has 0 spiro atoms. The quantitative estimate of drug-likeness (QED) is 0.903. The summed E-state index contributed by atoms with van der Waals surface area (Å²) in [5, 5.41) is 9.52. The van der Waals surface area contributed by atoms with Crippen LogP contribution in [0, 0.1) is 5.92 Å². The fourth-order valence-corrected chi connectivity index (χ4v) is 2.00. The van der Waals surface area contributed by atoms with Gasteiger partial charge in [-0.25, -0.2) is 4.79 Å². The second-order valence-electron chi connectivity index (χ2n) is 4.66. The molecule has 19 heavy (non-hydrogen) atoms. The van der Waals surface area contributed by atoms with Crippen LogP contribution in [0.4, 0.5) is 0 Å². The first-order valence-electron chi connectivity index (χ1n) is 6.07. The first kappa shape index (κ1) is 15.5. The van der Waals surface area contributed by atoms with Crippen molar-refractivity contribution in [3.05, 3.63) is 34.9 Å². The number of nitrogens with zero attached hydrogens (tertiary/aromatic N) is 1. The van der Waals surface area contributed by atoms with E-state index < -0.39 is 12.0 Å². The van der Waals surface area contributed by atoms with E-state index >= 15 is 0 Å². The Morgan fingerprint density at radius 1 is 1.32 bits per heavy atom. The minimum absolute atomic E-state index is 0.199. The number of hydrogen-bond acceptors (Lipinski definition) is 2.